The molecule has 17 heavy (non-hydrogen) atoms. The molecule has 0 bridgehead atoms. The predicted molar refractivity (Wildman–Crippen MR) is 66.6 cm³/mol. The lowest BCUT2D eigenvalue weighted by molar-refractivity contribution is -0.142. The van der Waals surface area contributed by atoms with E-state index in [4.69, 9.17) is 16.7 Å². The molecule has 0 saturated carbocycles. The molecule has 0 aliphatic carbocycles. The summed E-state index contributed by atoms with van der Waals surface area (Å²) in [6.45, 7) is 3.34. The van der Waals surface area contributed by atoms with E-state index < -0.39 is 5.97 Å². The van der Waals surface area contributed by atoms with Gasteiger partial charge in [0, 0.05) is 19.3 Å². The number of aliphatic carboxylic acids is 1. The number of pyridine rings is 1. The summed E-state index contributed by atoms with van der Waals surface area (Å²) < 4.78 is 0. The van der Waals surface area contributed by atoms with Crippen molar-refractivity contribution in [2.75, 3.05) is 18.0 Å². The third-order valence-electron chi connectivity index (χ3n) is 3.23. The van der Waals surface area contributed by atoms with E-state index in [0.29, 0.717) is 17.9 Å². The van der Waals surface area contributed by atoms with Gasteiger partial charge in [0.1, 0.15) is 0 Å². The molecule has 0 atom stereocenters. The zero-order valence-electron chi connectivity index (χ0n) is 9.69. The lowest BCUT2D eigenvalue weighted by Crippen LogP contribution is -2.36. The van der Waals surface area contributed by atoms with Crippen molar-refractivity contribution >= 4 is 23.3 Å². The van der Waals surface area contributed by atoms with Gasteiger partial charge < -0.3 is 10.0 Å². The maximum absolute atomic E-state index is 10.9. The van der Waals surface area contributed by atoms with Crippen LogP contribution in [0.2, 0.25) is 5.02 Å². The first-order chi connectivity index (χ1) is 8.09. The van der Waals surface area contributed by atoms with Gasteiger partial charge in [-0.1, -0.05) is 11.6 Å². The van der Waals surface area contributed by atoms with Crippen LogP contribution in [0.5, 0.6) is 0 Å². The second kappa shape index (κ2) is 4.92. The van der Waals surface area contributed by atoms with Crippen LogP contribution in [-0.2, 0) is 4.79 Å². The van der Waals surface area contributed by atoms with E-state index in [1.807, 2.05) is 13.0 Å². The third kappa shape index (κ3) is 2.52. The molecule has 1 aromatic rings. The molecule has 0 amide bonds. The number of anilines is 1. The van der Waals surface area contributed by atoms with Crippen LogP contribution in [0.3, 0.4) is 0 Å². The molecule has 1 fully saturated rings. The number of piperidine rings is 1. The molecule has 92 valence electrons. The van der Waals surface area contributed by atoms with E-state index in [1.54, 1.807) is 6.20 Å². The molecule has 0 aromatic carbocycles. The summed E-state index contributed by atoms with van der Waals surface area (Å²) in [5.41, 5.74) is 1.77. The van der Waals surface area contributed by atoms with Gasteiger partial charge in [-0.05, 0) is 25.8 Å². The Labute approximate surface area is 105 Å². The topological polar surface area (TPSA) is 53.4 Å². The van der Waals surface area contributed by atoms with Crippen molar-refractivity contribution in [3.05, 3.63) is 23.0 Å². The van der Waals surface area contributed by atoms with Gasteiger partial charge in [0.05, 0.1) is 22.3 Å². The SMILES string of the molecule is Cc1nccc(N2CCC(C(=O)O)CC2)c1Cl. The molecule has 1 aliphatic rings. The highest BCUT2D eigenvalue weighted by atomic mass is 35.5. The van der Waals surface area contributed by atoms with Crippen LogP contribution in [-0.4, -0.2) is 29.1 Å². The Morgan fingerprint density at radius 3 is 2.76 bits per heavy atom. The van der Waals surface area contributed by atoms with Gasteiger partial charge in [-0.3, -0.25) is 9.78 Å². The minimum Gasteiger partial charge on any atom is -0.481 e. The van der Waals surface area contributed by atoms with Crippen LogP contribution >= 0.6 is 11.6 Å². The number of rotatable bonds is 2. The molecule has 5 heteroatoms. The molecule has 1 aliphatic heterocycles. The standard InChI is InChI=1S/C12H15ClN2O2/c1-8-11(13)10(2-5-14-8)15-6-3-9(4-7-15)12(16)17/h2,5,9H,3-4,6-7H2,1H3,(H,16,17). The second-order valence-electron chi connectivity index (χ2n) is 4.33. The first-order valence-electron chi connectivity index (χ1n) is 5.68. The second-order valence-corrected chi connectivity index (χ2v) is 4.71. The Balaban J connectivity index is 2.10. The van der Waals surface area contributed by atoms with Gasteiger partial charge in [-0.2, -0.15) is 0 Å². The highest BCUT2D eigenvalue weighted by molar-refractivity contribution is 6.33. The van der Waals surface area contributed by atoms with Crippen molar-refractivity contribution in [1.82, 2.24) is 4.98 Å². The molecule has 0 spiro atoms. The van der Waals surface area contributed by atoms with E-state index in [9.17, 15) is 4.79 Å². The lowest BCUT2D eigenvalue weighted by Gasteiger charge is -2.32. The van der Waals surface area contributed by atoms with Crippen molar-refractivity contribution in [3.8, 4) is 0 Å². The Morgan fingerprint density at radius 2 is 2.18 bits per heavy atom. The Bertz CT molecular complexity index is 429. The van der Waals surface area contributed by atoms with Gasteiger partial charge in [-0.15, -0.1) is 0 Å². The Hall–Kier alpha value is -1.29. The van der Waals surface area contributed by atoms with Crippen molar-refractivity contribution < 1.29 is 9.90 Å². The van der Waals surface area contributed by atoms with Crippen molar-refractivity contribution in [3.63, 3.8) is 0 Å². The first kappa shape index (κ1) is 12.2. The average molecular weight is 255 g/mol. The molecule has 0 radical (unpaired) electrons. The molecule has 2 heterocycles. The van der Waals surface area contributed by atoms with Crippen LogP contribution in [0.4, 0.5) is 5.69 Å². The number of aromatic nitrogens is 1. The number of hydrogen-bond acceptors (Lipinski definition) is 3. The van der Waals surface area contributed by atoms with Gasteiger partial charge in [-0.25, -0.2) is 0 Å². The number of halogens is 1. The van der Waals surface area contributed by atoms with Crippen LogP contribution < -0.4 is 4.90 Å². The summed E-state index contributed by atoms with van der Waals surface area (Å²) in [5, 5.41) is 9.61. The van der Waals surface area contributed by atoms with Crippen LogP contribution in [0, 0.1) is 12.8 Å². The summed E-state index contributed by atoms with van der Waals surface area (Å²) in [7, 11) is 0. The zero-order valence-corrected chi connectivity index (χ0v) is 10.4. The number of aryl methyl sites for hydroxylation is 1. The third-order valence-corrected chi connectivity index (χ3v) is 3.70. The molecule has 4 nitrogen and oxygen atoms in total. The van der Waals surface area contributed by atoms with E-state index in [2.05, 4.69) is 9.88 Å². The van der Waals surface area contributed by atoms with Gasteiger partial charge in [0.15, 0.2) is 0 Å². The van der Waals surface area contributed by atoms with E-state index in [-0.39, 0.29) is 5.92 Å². The minimum atomic E-state index is -0.693. The van der Waals surface area contributed by atoms with Crippen molar-refractivity contribution in [1.29, 1.82) is 0 Å². The molecular formula is C12H15ClN2O2. The molecule has 1 N–H and O–H groups in total. The Morgan fingerprint density at radius 1 is 1.53 bits per heavy atom. The van der Waals surface area contributed by atoms with E-state index in [1.165, 1.54) is 0 Å². The van der Waals surface area contributed by atoms with Crippen molar-refractivity contribution in [2.24, 2.45) is 5.92 Å². The Kier molecular flexibility index (Phi) is 3.52. The minimum absolute atomic E-state index is 0.215. The molecule has 1 aromatic heterocycles. The van der Waals surface area contributed by atoms with Crippen LogP contribution in [0.1, 0.15) is 18.5 Å². The van der Waals surface area contributed by atoms with Crippen LogP contribution in [0.25, 0.3) is 0 Å². The molecule has 1 saturated heterocycles. The zero-order chi connectivity index (χ0) is 12.4. The summed E-state index contributed by atoms with van der Waals surface area (Å²) >= 11 is 6.21. The number of hydrogen-bond donors (Lipinski definition) is 1. The van der Waals surface area contributed by atoms with Gasteiger partial charge in [0.2, 0.25) is 0 Å². The normalized spacial score (nSPS) is 17.2. The molecule has 0 unspecified atom stereocenters. The number of carboxylic acids is 1. The number of carbonyl (C=O) groups is 1. The van der Waals surface area contributed by atoms with E-state index >= 15 is 0 Å². The maximum atomic E-state index is 10.9. The van der Waals surface area contributed by atoms with Gasteiger partial charge in [0.25, 0.3) is 0 Å². The quantitative estimate of drug-likeness (QED) is 0.880. The fourth-order valence-electron chi connectivity index (χ4n) is 2.15. The molecular weight excluding hydrogens is 240 g/mol. The van der Waals surface area contributed by atoms with Gasteiger partial charge >= 0.3 is 5.97 Å². The maximum Gasteiger partial charge on any atom is 0.306 e. The largest absolute Gasteiger partial charge is 0.481 e. The lowest BCUT2D eigenvalue weighted by atomic mass is 9.97. The molecule has 2 rings (SSSR count). The predicted octanol–water partition coefficient (Wildman–Crippen LogP) is 2.34. The highest BCUT2D eigenvalue weighted by Crippen LogP contribution is 2.30. The summed E-state index contributed by atoms with van der Waals surface area (Å²) in [5.74, 6) is -0.908. The summed E-state index contributed by atoms with van der Waals surface area (Å²) in [6, 6.07) is 1.89. The fourth-order valence-corrected chi connectivity index (χ4v) is 2.38. The van der Waals surface area contributed by atoms with Crippen LogP contribution in [0.15, 0.2) is 12.3 Å². The smallest absolute Gasteiger partial charge is 0.306 e. The first-order valence-corrected chi connectivity index (χ1v) is 6.06. The average Bonchev–Trinajstić information content (AvgIpc) is 2.33. The summed E-state index contributed by atoms with van der Waals surface area (Å²) in [6.07, 6.45) is 3.08. The number of nitrogens with zero attached hydrogens (tertiary/aromatic N) is 2. The fraction of sp³-hybridized carbons (Fsp3) is 0.500. The monoisotopic (exact) mass is 254 g/mol. The highest BCUT2D eigenvalue weighted by Gasteiger charge is 2.25. The van der Waals surface area contributed by atoms with Crippen molar-refractivity contribution in [2.45, 2.75) is 19.8 Å². The summed E-state index contributed by atoms with van der Waals surface area (Å²) in [4.78, 5) is 17.1. The number of carboxylic acid groups (broad SMARTS) is 1. The van der Waals surface area contributed by atoms with E-state index in [0.717, 1.165) is 24.5 Å².